The minimum atomic E-state index is 0.358. The van der Waals surface area contributed by atoms with E-state index < -0.39 is 0 Å². The van der Waals surface area contributed by atoms with Gasteiger partial charge < -0.3 is 0 Å². The van der Waals surface area contributed by atoms with Gasteiger partial charge in [-0.2, -0.15) is 10.4 Å². The van der Waals surface area contributed by atoms with Crippen LogP contribution in [-0.4, -0.2) is 9.78 Å². The van der Waals surface area contributed by atoms with Gasteiger partial charge in [0.2, 0.25) is 0 Å². The zero-order chi connectivity index (χ0) is 13.8. The molecule has 0 fully saturated rings. The van der Waals surface area contributed by atoms with Crippen molar-refractivity contribution in [3.8, 4) is 23.0 Å². The summed E-state index contributed by atoms with van der Waals surface area (Å²) in [5.41, 5.74) is 4.00. The van der Waals surface area contributed by atoms with E-state index in [9.17, 15) is 0 Å². The number of aromatic nitrogens is 2. The van der Waals surface area contributed by atoms with Crippen LogP contribution in [0, 0.1) is 11.3 Å². The minimum Gasteiger partial charge on any atom is -0.233 e. The van der Waals surface area contributed by atoms with Crippen LogP contribution < -0.4 is 0 Å². The molecule has 0 atom stereocenters. The molecule has 0 N–H and O–H groups in total. The van der Waals surface area contributed by atoms with Gasteiger partial charge >= 0.3 is 0 Å². The predicted octanol–water partition coefficient (Wildman–Crippen LogP) is 3.61. The number of nitriles is 1. The van der Waals surface area contributed by atoms with E-state index in [-0.39, 0.29) is 0 Å². The fourth-order valence-corrected chi connectivity index (χ4v) is 2.27. The molecular weight excluding hydrogens is 246 g/mol. The molecule has 1 aromatic heterocycles. The first-order chi connectivity index (χ1) is 9.90. The molecule has 0 aliphatic rings. The van der Waals surface area contributed by atoms with Crippen LogP contribution in [-0.2, 0) is 6.42 Å². The van der Waals surface area contributed by atoms with Crippen molar-refractivity contribution in [3.05, 3.63) is 72.4 Å². The number of para-hydroxylation sites is 1. The molecule has 0 saturated carbocycles. The van der Waals surface area contributed by atoms with E-state index in [4.69, 9.17) is 5.26 Å². The van der Waals surface area contributed by atoms with Crippen molar-refractivity contribution in [2.24, 2.45) is 0 Å². The van der Waals surface area contributed by atoms with Gasteiger partial charge in [0.15, 0.2) is 0 Å². The summed E-state index contributed by atoms with van der Waals surface area (Å²) >= 11 is 0. The summed E-state index contributed by atoms with van der Waals surface area (Å²) in [5.74, 6) is 0. The third-order valence-electron chi connectivity index (χ3n) is 3.16. The molecule has 2 aromatic carbocycles. The number of rotatable bonds is 3. The summed E-state index contributed by atoms with van der Waals surface area (Å²) in [5, 5.41) is 13.4. The second-order valence-corrected chi connectivity index (χ2v) is 4.47. The molecule has 3 aromatic rings. The SMILES string of the molecule is N#CCc1cnn(-c2ccccc2)c1-c1ccccc1. The van der Waals surface area contributed by atoms with E-state index >= 15 is 0 Å². The zero-order valence-electron chi connectivity index (χ0n) is 10.9. The highest BCUT2D eigenvalue weighted by molar-refractivity contribution is 5.66. The molecule has 96 valence electrons. The molecular formula is C17H13N3. The van der Waals surface area contributed by atoms with Gasteiger partial charge in [0.05, 0.1) is 30.1 Å². The third kappa shape index (κ3) is 2.19. The maximum absolute atomic E-state index is 8.98. The van der Waals surface area contributed by atoms with Gasteiger partial charge in [0, 0.05) is 11.1 Å². The molecule has 0 spiro atoms. The van der Waals surface area contributed by atoms with Crippen molar-refractivity contribution >= 4 is 0 Å². The molecule has 3 heteroatoms. The summed E-state index contributed by atoms with van der Waals surface area (Å²) in [6.07, 6.45) is 2.13. The Morgan fingerprint density at radius 2 is 1.60 bits per heavy atom. The number of hydrogen-bond donors (Lipinski definition) is 0. The Labute approximate surface area is 117 Å². The summed E-state index contributed by atoms with van der Waals surface area (Å²) in [6.45, 7) is 0. The van der Waals surface area contributed by atoms with Crippen molar-refractivity contribution < 1.29 is 0 Å². The van der Waals surface area contributed by atoms with Crippen molar-refractivity contribution in [2.75, 3.05) is 0 Å². The molecule has 0 bridgehead atoms. The number of benzene rings is 2. The van der Waals surface area contributed by atoms with Crippen molar-refractivity contribution in [1.29, 1.82) is 5.26 Å². The van der Waals surface area contributed by atoms with Crippen LogP contribution in [0.3, 0.4) is 0 Å². The lowest BCUT2D eigenvalue weighted by atomic mass is 10.1. The van der Waals surface area contributed by atoms with Crippen molar-refractivity contribution in [3.63, 3.8) is 0 Å². The van der Waals surface area contributed by atoms with Gasteiger partial charge in [-0.15, -0.1) is 0 Å². The van der Waals surface area contributed by atoms with E-state index in [1.165, 1.54) is 0 Å². The number of hydrogen-bond acceptors (Lipinski definition) is 2. The minimum absolute atomic E-state index is 0.358. The highest BCUT2D eigenvalue weighted by Gasteiger charge is 2.13. The van der Waals surface area contributed by atoms with Crippen molar-refractivity contribution in [1.82, 2.24) is 9.78 Å². The second kappa shape index (κ2) is 5.41. The summed E-state index contributed by atoms with van der Waals surface area (Å²) in [4.78, 5) is 0. The van der Waals surface area contributed by atoms with Crippen LogP contribution in [0.2, 0.25) is 0 Å². The van der Waals surface area contributed by atoms with Crippen molar-refractivity contribution in [2.45, 2.75) is 6.42 Å². The van der Waals surface area contributed by atoms with Crippen LogP contribution in [0.25, 0.3) is 16.9 Å². The quantitative estimate of drug-likeness (QED) is 0.721. The molecule has 0 aliphatic carbocycles. The fourth-order valence-electron chi connectivity index (χ4n) is 2.27. The topological polar surface area (TPSA) is 41.6 Å². The lowest BCUT2D eigenvalue weighted by molar-refractivity contribution is 0.888. The first kappa shape index (κ1) is 12.2. The monoisotopic (exact) mass is 259 g/mol. The lowest BCUT2D eigenvalue weighted by Crippen LogP contribution is -1.99. The Morgan fingerprint density at radius 1 is 0.950 bits per heavy atom. The maximum atomic E-state index is 8.98. The molecule has 20 heavy (non-hydrogen) atoms. The van der Waals surface area contributed by atoms with Gasteiger partial charge in [-0.25, -0.2) is 4.68 Å². The molecule has 0 aliphatic heterocycles. The largest absolute Gasteiger partial charge is 0.233 e. The molecule has 0 saturated heterocycles. The Kier molecular flexibility index (Phi) is 3.30. The highest BCUT2D eigenvalue weighted by atomic mass is 15.3. The Balaban J connectivity index is 2.20. The van der Waals surface area contributed by atoms with E-state index in [2.05, 4.69) is 11.2 Å². The van der Waals surface area contributed by atoms with Gasteiger partial charge in [-0.1, -0.05) is 48.5 Å². The fraction of sp³-hybridized carbons (Fsp3) is 0.0588. The average Bonchev–Trinajstić information content (AvgIpc) is 2.93. The highest BCUT2D eigenvalue weighted by Crippen LogP contribution is 2.26. The van der Waals surface area contributed by atoms with E-state index in [1.807, 2.05) is 65.3 Å². The molecule has 1 heterocycles. The first-order valence-electron chi connectivity index (χ1n) is 6.45. The number of nitrogens with zero attached hydrogens (tertiary/aromatic N) is 3. The van der Waals surface area contributed by atoms with Gasteiger partial charge in [-0.3, -0.25) is 0 Å². The Bertz CT molecular complexity index is 737. The van der Waals surface area contributed by atoms with Crippen LogP contribution in [0.5, 0.6) is 0 Å². The molecule has 3 rings (SSSR count). The van der Waals surface area contributed by atoms with Crippen LogP contribution in [0.4, 0.5) is 0 Å². The summed E-state index contributed by atoms with van der Waals surface area (Å²) in [6, 6.07) is 22.2. The lowest BCUT2D eigenvalue weighted by Gasteiger charge is -2.09. The molecule has 0 unspecified atom stereocenters. The maximum Gasteiger partial charge on any atom is 0.0783 e. The summed E-state index contributed by atoms with van der Waals surface area (Å²) < 4.78 is 1.89. The van der Waals surface area contributed by atoms with Crippen LogP contribution in [0.15, 0.2) is 66.9 Å². The average molecular weight is 259 g/mol. The molecule has 0 amide bonds. The van der Waals surface area contributed by atoms with E-state index in [0.717, 1.165) is 22.5 Å². The molecule has 3 nitrogen and oxygen atoms in total. The normalized spacial score (nSPS) is 10.2. The predicted molar refractivity (Wildman–Crippen MR) is 78.3 cm³/mol. The zero-order valence-corrected chi connectivity index (χ0v) is 10.9. The molecule has 0 radical (unpaired) electrons. The second-order valence-electron chi connectivity index (χ2n) is 4.47. The van der Waals surface area contributed by atoms with Gasteiger partial charge in [-0.05, 0) is 12.1 Å². The first-order valence-corrected chi connectivity index (χ1v) is 6.45. The van der Waals surface area contributed by atoms with Gasteiger partial charge in [0.25, 0.3) is 0 Å². The van der Waals surface area contributed by atoms with Crippen LogP contribution in [0.1, 0.15) is 5.56 Å². The Morgan fingerprint density at radius 3 is 2.25 bits per heavy atom. The Hall–Kier alpha value is -2.86. The van der Waals surface area contributed by atoms with E-state index in [0.29, 0.717) is 6.42 Å². The third-order valence-corrected chi connectivity index (χ3v) is 3.16. The van der Waals surface area contributed by atoms with Gasteiger partial charge in [0.1, 0.15) is 0 Å². The van der Waals surface area contributed by atoms with E-state index in [1.54, 1.807) is 6.20 Å². The smallest absolute Gasteiger partial charge is 0.0783 e. The standard InChI is InChI=1S/C17H13N3/c18-12-11-15-13-19-20(16-9-5-2-6-10-16)17(15)14-7-3-1-4-8-14/h1-10,13H,11H2. The van der Waals surface area contributed by atoms with Crippen LogP contribution >= 0.6 is 0 Å². The summed E-state index contributed by atoms with van der Waals surface area (Å²) in [7, 11) is 0.